The van der Waals surface area contributed by atoms with Crippen molar-refractivity contribution in [3.8, 4) is 0 Å². The van der Waals surface area contributed by atoms with Gasteiger partial charge in [-0.15, -0.1) is 0 Å². The van der Waals surface area contributed by atoms with Crippen LogP contribution in [0.2, 0.25) is 0 Å². The van der Waals surface area contributed by atoms with Gasteiger partial charge in [-0.1, -0.05) is 20.3 Å². The minimum absolute atomic E-state index is 0.281. The molecule has 0 aromatic heterocycles. The van der Waals surface area contributed by atoms with E-state index in [9.17, 15) is 4.79 Å². The van der Waals surface area contributed by atoms with Crippen molar-refractivity contribution in [1.29, 1.82) is 0 Å². The van der Waals surface area contributed by atoms with Crippen LogP contribution in [0.25, 0.3) is 0 Å². The largest absolute Gasteiger partial charge is 0.481 e. The van der Waals surface area contributed by atoms with E-state index in [1.807, 2.05) is 0 Å². The second kappa shape index (κ2) is 6.11. The molecule has 3 nitrogen and oxygen atoms in total. The summed E-state index contributed by atoms with van der Waals surface area (Å²) in [5, 5.41) is 12.0. The van der Waals surface area contributed by atoms with Crippen molar-refractivity contribution >= 4 is 5.97 Å². The average Bonchev–Trinajstić information content (AvgIpc) is 2.17. The van der Waals surface area contributed by atoms with Crippen LogP contribution in [0.15, 0.2) is 0 Å². The maximum atomic E-state index is 10.3. The molecule has 15 heavy (non-hydrogen) atoms. The maximum absolute atomic E-state index is 10.3. The summed E-state index contributed by atoms with van der Waals surface area (Å²) in [6.45, 7) is 5.44. The van der Waals surface area contributed by atoms with Crippen LogP contribution < -0.4 is 5.32 Å². The molecule has 0 aliphatic heterocycles. The van der Waals surface area contributed by atoms with Gasteiger partial charge in [-0.25, -0.2) is 0 Å². The van der Waals surface area contributed by atoms with E-state index in [1.54, 1.807) is 0 Å². The highest BCUT2D eigenvalue weighted by Gasteiger charge is 2.24. The molecule has 0 aromatic rings. The average molecular weight is 213 g/mol. The molecular formula is C12H23NO2. The highest BCUT2D eigenvalue weighted by molar-refractivity contribution is 5.66. The fourth-order valence-electron chi connectivity index (χ4n) is 2.34. The van der Waals surface area contributed by atoms with E-state index in [0.717, 1.165) is 24.8 Å². The van der Waals surface area contributed by atoms with Crippen LogP contribution in [0.1, 0.15) is 46.0 Å². The van der Waals surface area contributed by atoms with Gasteiger partial charge in [-0.2, -0.15) is 0 Å². The molecule has 3 heteroatoms. The van der Waals surface area contributed by atoms with Gasteiger partial charge in [0.1, 0.15) is 0 Å². The molecule has 1 aliphatic carbocycles. The first-order valence-corrected chi connectivity index (χ1v) is 6.04. The number of carbonyl (C=O) groups is 1. The molecule has 0 spiro atoms. The summed E-state index contributed by atoms with van der Waals surface area (Å²) < 4.78 is 0. The normalized spacial score (nSPS) is 31.5. The number of carboxylic acid groups (broad SMARTS) is 1. The minimum Gasteiger partial charge on any atom is -0.481 e. The van der Waals surface area contributed by atoms with E-state index < -0.39 is 5.97 Å². The lowest BCUT2D eigenvalue weighted by atomic mass is 9.80. The molecule has 0 aromatic carbocycles. The number of aliphatic carboxylic acids is 1. The van der Waals surface area contributed by atoms with Gasteiger partial charge >= 0.3 is 5.97 Å². The molecule has 1 fully saturated rings. The maximum Gasteiger partial charge on any atom is 0.303 e. The Bertz CT molecular complexity index is 206. The summed E-state index contributed by atoms with van der Waals surface area (Å²) in [6, 6.07) is 0.600. The third-order valence-corrected chi connectivity index (χ3v) is 3.43. The predicted octanol–water partition coefficient (Wildman–Crippen LogP) is 2.27. The zero-order valence-corrected chi connectivity index (χ0v) is 9.83. The summed E-state index contributed by atoms with van der Waals surface area (Å²) in [5.41, 5.74) is 0. The topological polar surface area (TPSA) is 49.3 Å². The minimum atomic E-state index is -0.693. The third-order valence-electron chi connectivity index (χ3n) is 3.43. The second-order valence-corrected chi connectivity index (χ2v) is 4.95. The Morgan fingerprint density at radius 3 is 2.80 bits per heavy atom. The fourth-order valence-corrected chi connectivity index (χ4v) is 2.34. The van der Waals surface area contributed by atoms with Gasteiger partial charge < -0.3 is 10.4 Å². The molecule has 0 saturated heterocycles. The highest BCUT2D eigenvalue weighted by Crippen LogP contribution is 2.28. The van der Waals surface area contributed by atoms with Crippen LogP contribution in [0.5, 0.6) is 0 Å². The van der Waals surface area contributed by atoms with Crippen LogP contribution in [-0.4, -0.2) is 23.7 Å². The quantitative estimate of drug-likeness (QED) is 0.689. The molecule has 0 heterocycles. The van der Waals surface area contributed by atoms with Gasteiger partial charge in [0.15, 0.2) is 0 Å². The van der Waals surface area contributed by atoms with Crippen molar-refractivity contribution in [2.45, 2.75) is 52.0 Å². The number of rotatable bonds is 5. The first kappa shape index (κ1) is 12.5. The third kappa shape index (κ3) is 4.65. The molecule has 0 bridgehead atoms. The van der Waals surface area contributed by atoms with Crippen molar-refractivity contribution in [1.82, 2.24) is 5.32 Å². The number of nitrogens with one attached hydrogen (secondary N) is 1. The predicted molar refractivity (Wildman–Crippen MR) is 60.8 cm³/mol. The monoisotopic (exact) mass is 213 g/mol. The van der Waals surface area contributed by atoms with E-state index in [2.05, 4.69) is 19.2 Å². The number of hydrogen-bond acceptors (Lipinski definition) is 2. The van der Waals surface area contributed by atoms with E-state index in [1.165, 1.54) is 19.3 Å². The first-order valence-electron chi connectivity index (χ1n) is 6.04. The van der Waals surface area contributed by atoms with Crippen molar-refractivity contribution in [3.05, 3.63) is 0 Å². The summed E-state index contributed by atoms with van der Waals surface area (Å²) >= 11 is 0. The molecule has 3 atom stereocenters. The van der Waals surface area contributed by atoms with E-state index in [0.29, 0.717) is 6.04 Å². The molecule has 0 radical (unpaired) electrons. The van der Waals surface area contributed by atoms with Crippen molar-refractivity contribution < 1.29 is 9.90 Å². The SMILES string of the molecule is CC1CCC(C)C(NCCCC(=O)O)C1. The van der Waals surface area contributed by atoms with Crippen molar-refractivity contribution in [2.75, 3.05) is 6.54 Å². The van der Waals surface area contributed by atoms with E-state index in [-0.39, 0.29) is 6.42 Å². The standard InChI is InChI=1S/C12H23NO2/c1-9-5-6-10(2)11(8-9)13-7-3-4-12(14)15/h9-11,13H,3-8H2,1-2H3,(H,14,15). The molecule has 1 saturated carbocycles. The Balaban J connectivity index is 2.16. The zero-order chi connectivity index (χ0) is 11.3. The Kier molecular flexibility index (Phi) is 5.09. The number of hydrogen-bond donors (Lipinski definition) is 2. The van der Waals surface area contributed by atoms with Crippen LogP contribution in [-0.2, 0) is 4.79 Å². The Morgan fingerprint density at radius 2 is 2.13 bits per heavy atom. The molecular weight excluding hydrogens is 190 g/mol. The van der Waals surface area contributed by atoms with Crippen molar-refractivity contribution in [2.24, 2.45) is 11.8 Å². The first-order chi connectivity index (χ1) is 7.09. The van der Waals surface area contributed by atoms with Gasteiger partial charge in [-0.3, -0.25) is 4.79 Å². The van der Waals surface area contributed by atoms with Crippen LogP contribution >= 0.6 is 0 Å². The lowest BCUT2D eigenvalue weighted by Gasteiger charge is -2.33. The van der Waals surface area contributed by atoms with Crippen LogP contribution in [0.3, 0.4) is 0 Å². The fraction of sp³-hybridized carbons (Fsp3) is 0.917. The molecule has 3 unspecified atom stereocenters. The Labute approximate surface area is 92.3 Å². The second-order valence-electron chi connectivity index (χ2n) is 4.95. The Morgan fingerprint density at radius 1 is 1.40 bits per heavy atom. The number of carboxylic acids is 1. The highest BCUT2D eigenvalue weighted by atomic mass is 16.4. The summed E-state index contributed by atoms with van der Waals surface area (Å²) in [4.78, 5) is 10.3. The summed E-state index contributed by atoms with van der Waals surface area (Å²) in [6.07, 6.45) is 4.91. The smallest absolute Gasteiger partial charge is 0.303 e. The molecule has 1 rings (SSSR count). The molecule has 2 N–H and O–H groups in total. The van der Waals surface area contributed by atoms with Gasteiger partial charge in [0, 0.05) is 12.5 Å². The van der Waals surface area contributed by atoms with Gasteiger partial charge in [-0.05, 0) is 37.6 Å². The Hall–Kier alpha value is -0.570. The molecule has 0 amide bonds. The molecule has 1 aliphatic rings. The van der Waals surface area contributed by atoms with Crippen LogP contribution in [0, 0.1) is 11.8 Å². The zero-order valence-electron chi connectivity index (χ0n) is 9.83. The van der Waals surface area contributed by atoms with Crippen LogP contribution in [0.4, 0.5) is 0 Å². The summed E-state index contributed by atoms with van der Waals surface area (Å²) in [7, 11) is 0. The summed E-state index contributed by atoms with van der Waals surface area (Å²) in [5.74, 6) is 0.867. The lowest BCUT2D eigenvalue weighted by molar-refractivity contribution is -0.137. The molecule has 88 valence electrons. The van der Waals surface area contributed by atoms with E-state index in [4.69, 9.17) is 5.11 Å². The van der Waals surface area contributed by atoms with Crippen molar-refractivity contribution in [3.63, 3.8) is 0 Å². The van der Waals surface area contributed by atoms with E-state index >= 15 is 0 Å². The van der Waals surface area contributed by atoms with Gasteiger partial charge in [0.2, 0.25) is 0 Å². The lowest BCUT2D eigenvalue weighted by Crippen LogP contribution is -2.40. The van der Waals surface area contributed by atoms with Gasteiger partial charge in [0.25, 0.3) is 0 Å². The van der Waals surface area contributed by atoms with Gasteiger partial charge in [0.05, 0.1) is 0 Å².